The summed E-state index contributed by atoms with van der Waals surface area (Å²) in [6.07, 6.45) is 6.27. The molecular weight excluding hydrogens is 701 g/mol. The Labute approximate surface area is 328 Å². The molecule has 0 saturated heterocycles. The molecule has 3 aromatic heterocycles. The number of hydrogen-bond donors (Lipinski definition) is 2. The number of nitrogens with zero attached hydrogens (tertiary/aromatic N) is 2. The van der Waals surface area contributed by atoms with Crippen molar-refractivity contribution < 1.29 is 8.83 Å². The van der Waals surface area contributed by atoms with Gasteiger partial charge in [0, 0.05) is 55.5 Å². The quantitative estimate of drug-likeness (QED) is 0.185. The van der Waals surface area contributed by atoms with E-state index in [1.54, 1.807) is 0 Å². The van der Waals surface area contributed by atoms with Crippen molar-refractivity contribution in [2.45, 2.75) is 25.2 Å². The maximum Gasteiger partial charge on any atom is 0.137 e. The minimum absolute atomic E-state index is 0.108. The Morgan fingerprint density at radius 1 is 0.544 bits per heavy atom. The molecule has 1 aliphatic carbocycles. The molecule has 7 aromatic carbocycles. The molecule has 6 heteroatoms. The third kappa shape index (κ3) is 5.25. The summed E-state index contributed by atoms with van der Waals surface area (Å²) in [5.74, 6) is 0.861. The zero-order valence-corrected chi connectivity index (χ0v) is 30.9. The van der Waals surface area contributed by atoms with Crippen LogP contribution in [0.25, 0.3) is 77.7 Å². The molecule has 0 bridgehead atoms. The van der Waals surface area contributed by atoms with Gasteiger partial charge in [-0.15, -0.1) is 0 Å². The van der Waals surface area contributed by atoms with Gasteiger partial charge in [0.25, 0.3) is 0 Å². The largest absolute Gasteiger partial charge is 0.456 e. The summed E-state index contributed by atoms with van der Waals surface area (Å²) in [4.78, 5) is 5.18. The number of hydrogen-bond acceptors (Lipinski definition) is 5. The van der Waals surface area contributed by atoms with E-state index in [9.17, 15) is 0 Å². The lowest BCUT2D eigenvalue weighted by atomic mass is 10.00. The second-order valence-corrected chi connectivity index (χ2v) is 15.1. The number of furan rings is 2. The molecule has 4 heterocycles. The van der Waals surface area contributed by atoms with E-state index < -0.39 is 0 Å². The van der Waals surface area contributed by atoms with Gasteiger partial charge < -0.3 is 18.7 Å². The first-order chi connectivity index (χ1) is 28.2. The monoisotopic (exact) mass is 736 g/mol. The van der Waals surface area contributed by atoms with Crippen molar-refractivity contribution in [1.29, 1.82) is 0 Å². The number of aromatic nitrogens is 1. The number of benzene rings is 7. The summed E-state index contributed by atoms with van der Waals surface area (Å²) < 4.78 is 15.4. The average molecular weight is 737 g/mol. The van der Waals surface area contributed by atoms with Crippen LogP contribution in [0.4, 0.5) is 0 Å². The van der Waals surface area contributed by atoms with E-state index in [1.807, 2.05) is 24.3 Å². The zero-order valence-electron chi connectivity index (χ0n) is 30.9. The van der Waals surface area contributed by atoms with Crippen molar-refractivity contribution in [3.8, 4) is 16.8 Å². The number of allylic oxidation sites excluding steroid dienone is 1. The van der Waals surface area contributed by atoms with E-state index in [1.165, 1.54) is 22.2 Å². The molecule has 12 rings (SSSR count). The second kappa shape index (κ2) is 12.7. The smallest absolute Gasteiger partial charge is 0.137 e. The highest BCUT2D eigenvalue weighted by atomic mass is 16.3. The van der Waals surface area contributed by atoms with Gasteiger partial charge in [0.05, 0.1) is 5.52 Å². The number of nitrogens with one attached hydrogen (secondary N) is 2. The Balaban J connectivity index is 0.917. The molecular formula is C51H36N4O2. The van der Waals surface area contributed by atoms with Crippen LogP contribution in [0.5, 0.6) is 0 Å². The van der Waals surface area contributed by atoms with Crippen molar-refractivity contribution in [2.24, 2.45) is 4.99 Å². The maximum atomic E-state index is 6.65. The molecule has 2 atom stereocenters. The fourth-order valence-corrected chi connectivity index (χ4v) is 8.98. The van der Waals surface area contributed by atoms with E-state index >= 15 is 0 Å². The molecule has 1 aliphatic heterocycles. The maximum absolute atomic E-state index is 6.65. The molecule has 0 amide bonds. The Bertz CT molecular complexity index is 3260. The third-order valence-electron chi connectivity index (χ3n) is 11.7. The number of amidine groups is 1. The van der Waals surface area contributed by atoms with Crippen LogP contribution < -0.4 is 10.6 Å². The van der Waals surface area contributed by atoms with Crippen LogP contribution in [0, 0.1) is 0 Å². The Kier molecular flexibility index (Phi) is 7.16. The van der Waals surface area contributed by atoms with Crippen molar-refractivity contribution in [3.63, 3.8) is 0 Å². The van der Waals surface area contributed by atoms with Crippen LogP contribution in [0.15, 0.2) is 178 Å². The lowest BCUT2D eigenvalue weighted by molar-refractivity contribution is 0.409. The normalized spacial score (nSPS) is 16.7. The van der Waals surface area contributed by atoms with Crippen LogP contribution in [0.3, 0.4) is 0 Å². The van der Waals surface area contributed by atoms with Gasteiger partial charge in [0.1, 0.15) is 40.5 Å². The lowest BCUT2D eigenvalue weighted by Crippen LogP contribution is -2.44. The SMILES string of the molecule is C1=Cc2c(n(-c3ccc4c(c3)oc3cc(-c5ccc6oc7ccc(C8N=C(c9ccccc9)NC(c9ccccc9)N8)cc7c6c5)ccc34)c3ccccc23)CC1. The van der Waals surface area contributed by atoms with E-state index in [0.717, 1.165) is 96.1 Å². The third-order valence-corrected chi connectivity index (χ3v) is 11.7. The molecule has 272 valence electrons. The predicted molar refractivity (Wildman–Crippen MR) is 232 cm³/mol. The number of aliphatic imine (C=N–C) groups is 1. The van der Waals surface area contributed by atoms with Gasteiger partial charge in [-0.25, -0.2) is 4.99 Å². The van der Waals surface area contributed by atoms with Gasteiger partial charge in [-0.3, -0.25) is 5.32 Å². The minimum atomic E-state index is -0.265. The Morgan fingerprint density at radius 2 is 1.25 bits per heavy atom. The highest BCUT2D eigenvalue weighted by molar-refractivity contribution is 6.09. The zero-order chi connectivity index (χ0) is 37.5. The van der Waals surface area contributed by atoms with E-state index in [4.69, 9.17) is 13.8 Å². The molecule has 2 unspecified atom stereocenters. The molecule has 57 heavy (non-hydrogen) atoms. The van der Waals surface area contributed by atoms with E-state index in [0.29, 0.717) is 0 Å². The van der Waals surface area contributed by atoms with E-state index in [-0.39, 0.29) is 12.3 Å². The van der Waals surface area contributed by atoms with Crippen LogP contribution in [0.2, 0.25) is 0 Å². The summed E-state index contributed by atoms with van der Waals surface area (Å²) in [6.45, 7) is 0. The molecule has 2 aliphatic rings. The summed E-state index contributed by atoms with van der Waals surface area (Å²) in [5, 5.41) is 13.0. The summed E-state index contributed by atoms with van der Waals surface area (Å²) >= 11 is 0. The molecule has 0 fully saturated rings. The average Bonchev–Trinajstić information content (AvgIpc) is 3.95. The van der Waals surface area contributed by atoms with Crippen LogP contribution in [-0.4, -0.2) is 10.4 Å². The van der Waals surface area contributed by atoms with Gasteiger partial charge in [-0.2, -0.15) is 0 Å². The molecule has 10 aromatic rings. The highest BCUT2D eigenvalue weighted by Crippen LogP contribution is 2.39. The second-order valence-electron chi connectivity index (χ2n) is 15.1. The fourth-order valence-electron chi connectivity index (χ4n) is 8.98. The molecule has 0 spiro atoms. The summed E-state index contributed by atoms with van der Waals surface area (Å²) in [7, 11) is 0. The number of para-hydroxylation sites is 1. The van der Waals surface area contributed by atoms with Crippen LogP contribution >= 0.6 is 0 Å². The summed E-state index contributed by atoms with van der Waals surface area (Å²) in [5.41, 5.74) is 14.0. The number of fused-ring (bicyclic) bond motifs is 9. The van der Waals surface area contributed by atoms with Gasteiger partial charge in [0.15, 0.2) is 0 Å². The standard InChI is InChI=1S/C51H36N4O2/c1-3-11-31(12-4-1)49-52-50(32-13-5-2-6-14-32)54-51(53-49)35-21-26-46-42(28-35)41-27-33(20-25-45(41)56-46)34-19-23-39-40-24-22-36(30-48(40)57-47(39)29-34)55-43-17-9-7-15-37(43)38-16-8-10-18-44(38)55/h1-9,11-17,19-30,49,51,53H,10,18H2,(H,52,54). The van der Waals surface area contributed by atoms with Crippen LogP contribution in [-0.2, 0) is 6.42 Å². The fraction of sp³-hybridized carbons (Fsp3) is 0.0784. The lowest BCUT2D eigenvalue weighted by Gasteiger charge is -2.32. The Morgan fingerprint density at radius 3 is 2.12 bits per heavy atom. The first-order valence-electron chi connectivity index (χ1n) is 19.6. The first kappa shape index (κ1) is 32.1. The Hall–Kier alpha value is -7.15. The first-order valence-corrected chi connectivity index (χ1v) is 19.6. The minimum Gasteiger partial charge on any atom is -0.456 e. The van der Waals surface area contributed by atoms with Crippen molar-refractivity contribution >= 4 is 66.7 Å². The molecule has 0 radical (unpaired) electrons. The van der Waals surface area contributed by atoms with Gasteiger partial charge >= 0.3 is 0 Å². The van der Waals surface area contributed by atoms with Crippen LogP contribution in [0.1, 0.15) is 46.7 Å². The van der Waals surface area contributed by atoms with Crippen molar-refractivity contribution in [2.75, 3.05) is 0 Å². The van der Waals surface area contributed by atoms with Crippen molar-refractivity contribution in [1.82, 2.24) is 15.2 Å². The highest BCUT2D eigenvalue weighted by Gasteiger charge is 2.26. The predicted octanol–water partition coefficient (Wildman–Crippen LogP) is 12.4. The molecule has 0 saturated carbocycles. The summed E-state index contributed by atoms with van der Waals surface area (Å²) in [6, 6.07) is 55.6. The molecule has 2 N–H and O–H groups in total. The van der Waals surface area contributed by atoms with Gasteiger partial charge in [-0.1, -0.05) is 109 Å². The van der Waals surface area contributed by atoms with Crippen molar-refractivity contribution in [3.05, 3.63) is 192 Å². The van der Waals surface area contributed by atoms with Gasteiger partial charge in [-0.05, 0) is 89.7 Å². The topological polar surface area (TPSA) is 67.6 Å². The van der Waals surface area contributed by atoms with Gasteiger partial charge in [0.2, 0.25) is 0 Å². The number of rotatable bonds is 5. The van der Waals surface area contributed by atoms with E-state index in [2.05, 4.69) is 161 Å². The molecule has 6 nitrogen and oxygen atoms in total.